The second kappa shape index (κ2) is 19.8. The number of hydrogen-bond acceptors (Lipinski definition) is 0. The molecule has 13 aromatic carbocycles. The Hall–Kier alpha value is -9.62. The monoisotopic (exact) mass is 1070 g/mol. The van der Waals surface area contributed by atoms with Crippen molar-refractivity contribution in [2.75, 3.05) is 0 Å². The van der Waals surface area contributed by atoms with Crippen molar-refractivity contribution in [3.8, 4) is 66.8 Å². The van der Waals surface area contributed by atoms with Crippen LogP contribution in [0.25, 0.3) is 115 Å². The molecule has 0 aromatic heterocycles. The summed E-state index contributed by atoms with van der Waals surface area (Å²) in [6, 6.07) is 91.7. The molecule has 0 bridgehead atoms. The first-order valence-corrected chi connectivity index (χ1v) is 30.0. The van der Waals surface area contributed by atoms with E-state index in [0.29, 0.717) is 0 Å². The number of benzene rings is 13. The number of rotatable bonds is 10. The van der Waals surface area contributed by atoms with E-state index in [1.165, 1.54) is 163 Å². The Morgan fingerprint density at radius 3 is 1.29 bits per heavy atom. The van der Waals surface area contributed by atoms with E-state index >= 15 is 0 Å². The van der Waals surface area contributed by atoms with Crippen molar-refractivity contribution >= 4 is 48.7 Å². The van der Waals surface area contributed by atoms with E-state index in [2.05, 4.69) is 296 Å². The molecule has 0 nitrogen and oxygen atoms in total. The molecule has 0 heteroatoms. The summed E-state index contributed by atoms with van der Waals surface area (Å²) in [5.41, 5.74) is 18.5. The molecule has 15 rings (SSSR count). The van der Waals surface area contributed by atoms with Crippen LogP contribution in [0.2, 0.25) is 0 Å². The molecule has 13 aromatic rings. The summed E-state index contributed by atoms with van der Waals surface area (Å²) in [4.78, 5) is 0. The molecule has 0 unspecified atom stereocenters. The summed E-state index contributed by atoms with van der Waals surface area (Å²) >= 11 is 0. The van der Waals surface area contributed by atoms with Crippen LogP contribution in [0, 0.1) is 47.2 Å². The van der Waals surface area contributed by atoms with Crippen LogP contribution in [0.15, 0.2) is 261 Å². The third kappa shape index (κ3) is 8.49. The Morgan fingerprint density at radius 1 is 0.345 bits per heavy atom. The molecule has 402 valence electrons. The molecule has 0 heterocycles. The van der Waals surface area contributed by atoms with Crippen LogP contribution in [0.1, 0.15) is 65.5 Å². The van der Waals surface area contributed by atoms with Gasteiger partial charge in [0, 0.05) is 0 Å². The van der Waals surface area contributed by atoms with Gasteiger partial charge in [-0.25, -0.2) is 0 Å². The van der Waals surface area contributed by atoms with Gasteiger partial charge in [0.1, 0.15) is 0 Å². The first-order valence-electron chi connectivity index (χ1n) is 30.0. The lowest BCUT2D eigenvalue weighted by molar-refractivity contribution is 0.381. The quantitative estimate of drug-likeness (QED) is 0.0946. The molecule has 0 N–H and O–H groups in total. The molecule has 0 radical (unpaired) electrons. The van der Waals surface area contributed by atoms with Gasteiger partial charge < -0.3 is 0 Å². The Bertz CT molecular complexity index is 5370. The molecule has 2 aliphatic carbocycles. The van der Waals surface area contributed by atoms with Crippen LogP contribution < -0.4 is 0 Å². The van der Waals surface area contributed by atoms with Gasteiger partial charge in [0.25, 0.3) is 0 Å². The molecule has 0 saturated heterocycles. The maximum Gasteiger partial charge on any atom is -0.000740 e. The molecule has 0 atom stereocenters. The average molecular weight is 1080 g/mol. The Balaban J connectivity index is 1.16. The second-order valence-electron chi connectivity index (χ2n) is 25.7. The van der Waals surface area contributed by atoms with Gasteiger partial charge >= 0.3 is 0 Å². The van der Waals surface area contributed by atoms with E-state index in [-0.39, 0.29) is 10.8 Å². The zero-order valence-electron chi connectivity index (χ0n) is 48.9. The minimum absolute atomic E-state index is 0.0331. The summed E-state index contributed by atoms with van der Waals surface area (Å²) in [6.45, 7) is 18.9. The van der Waals surface area contributed by atoms with Crippen molar-refractivity contribution < 1.29 is 0 Å². The number of hydrogen-bond donors (Lipinski definition) is 0. The molecule has 0 fully saturated rings. The van der Waals surface area contributed by atoms with Crippen LogP contribution >= 0.6 is 0 Å². The van der Waals surface area contributed by atoms with E-state index < -0.39 is 0 Å². The fourth-order valence-corrected chi connectivity index (χ4v) is 14.1. The molecule has 0 amide bonds. The predicted molar refractivity (Wildman–Crippen MR) is 358 cm³/mol. The van der Waals surface area contributed by atoms with E-state index in [4.69, 9.17) is 6.58 Å². The molecular weight excluding hydrogens is 1010 g/mol. The topological polar surface area (TPSA) is 0 Å². The van der Waals surface area contributed by atoms with Crippen LogP contribution in [0.5, 0.6) is 0 Å². The van der Waals surface area contributed by atoms with Crippen molar-refractivity contribution in [2.45, 2.75) is 59.8 Å². The number of fused-ring (bicyclic) bond motifs is 5. The third-order valence-corrected chi connectivity index (χ3v) is 18.1. The standard InChI is InChI=1S/C84H66/c1-52(24-19-20-45-83(2,3)4)73-65-37-17-18-38-66(65)74(62-35-23-36-64(49-62)84(5,6)7)80-68-43-44-70-78-69(42-41-67(77(68)78)79(73)80)81-75(60-33-21-31-56(46-60)53-25-11-8-12-26-53)71-50-59-40-39-58(55-29-15-10-16-30-55)48-63(59)51-72(71)76(82(70)81)61-34-22-32-57(47-61)54-27-13-9-14-28-54/h8-19,21-44,46-51H,1,20,45H2,2-7H3. The van der Waals surface area contributed by atoms with Crippen molar-refractivity contribution in [3.05, 3.63) is 314 Å². The van der Waals surface area contributed by atoms with Crippen LogP contribution in [-0.2, 0) is 5.41 Å². The highest BCUT2D eigenvalue weighted by molar-refractivity contribution is 6.13. The highest BCUT2D eigenvalue weighted by Crippen LogP contribution is 2.47. The van der Waals surface area contributed by atoms with Crippen LogP contribution in [-0.4, -0.2) is 0 Å². The summed E-state index contributed by atoms with van der Waals surface area (Å²) in [6.07, 6.45) is 6.77. The van der Waals surface area contributed by atoms with Crippen molar-refractivity contribution in [1.29, 1.82) is 0 Å². The lowest BCUT2D eigenvalue weighted by Crippen LogP contribution is -2.10. The minimum atomic E-state index is -0.0331. The fraction of sp³-hybridized carbons (Fsp3) is 0.119. The Labute approximate surface area is 492 Å². The summed E-state index contributed by atoms with van der Waals surface area (Å²) in [5.74, 6) is 0. The third-order valence-electron chi connectivity index (χ3n) is 18.1. The summed E-state index contributed by atoms with van der Waals surface area (Å²) < 4.78 is 0. The maximum absolute atomic E-state index is 4.98. The minimum Gasteiger partial charge on any atom is -0.0911 e. The smallest absolute Gasteiger partial charge is 0.000740 e. The van der Waals surface area contributed by atoms with Gasteiger partial charge in [0.05, 0.1) is 0 Å². The summed E-state index contributed by atoms with van der Waals surface area (Å²) in [7, 11) is 0. The van der Waals surface area contributed by atoms with Crippen molar-refractivity contribution in [3.63, 3.8) is 0 Å². The predicted octanol–water partition coefficient (Wildman–Crippen LogP) is 22.8. The molecule has 0 spiro atoms. The van der Waals surface area contributed by atoms with E-state index in [1.54, 1.807) is 0 Å². The van der Waals surface area contributed by atoms with Crippen molar-refractivity contribution in [2.24, 2.45) is 5.41 Å². The Kier molecular flexibility index (Phi) is 12.1. The average Bonchev–Trinajstić information content (AvgIpc) is 1.54. The van der Waals surface area contributed by atoms with Gasteiger partial charge in [-0.3, -0.25) is 0 Å². The van der Waals surface area contributed by atoms with Gasteiger partial charge in [-0.1, -0.05) is 273 Å². The van der Waals surface area contributed by atoms with E-state index in [0.717, 1.165) is 18.4 Å². The number of allylic oxidation sites excluding steroid dienone is 3. The summed E-state index contributed by atoms with van der Waals surface area (Å²) in [5, 5.41) is 20.3. The maximum atomic E-state index is 4.98. The molecule has 0 aliphatic heterocycles. The SMILES string of the molecule is C=C(C=CCCC(C)(C)C)c1c2c(c(-c3cccc(C(C)(C)C)c3)c3ccccc13)=c1ccc3c4c(ccc=2c14)=c1c(-c2cccc(-c4ccccc4)c2)c2cc4ccc(-c5ccccc5)cc4cc2c(-c2cccc(-c4ccccc4)c2)c1=3. The van der Waals surface area contributed by atoms with Crippen molar-refractivity contribution in [1.82, 2.24) is 0 Å². The van der Waals surface area contributed by atoms with E-state index in [1.807, 2.05) is 0 Å². The fourth-order valence-electron chi connectivity index (χ4n) is 14.1. The lowest BCUT2D eigenvalue weighted by Gasteiger charge is -2.21. The highest BCUT2D eigenvalue weighted by atomic mass is 14.3. The molecule has 84 heavy (non-hydrogen) atoms. The van der Waals surface area contributed by atoms with Crippen LogP contribution in [0.3, 0.4) is 0 Å². The van der Waals surface area contributed by atoms with E-state index in [9.17, 15) is 0 Å². The lowest BCUT2D eigenvalue weighted by atomic mass is 9.83. The van der Waals surface area contributed by atoms with Gasteiger partial charge in [-0.05, 0) is 222 Å². The van der Waals surface area contributed by atoms with Gasteiger partial charge in [0.15, 0.2) is 0 Å². The molecule has 2 aliphatic rings. The zero-order valence-corrected chi connectivity index (χ0v) is 48.9. The first kappa shape index (κ1) is 51.3. The first-order chi connectivity index (χ1) is 40.9. The van der Waals surface area contributed by atoms with Crippen LogP contribution in [0.4, 0.5) is 0 Å². The molecule has 0 saturated carbocycles. The highest BCUT2D eigenvalue weighted by Gasteiger charge is 2.26. The second-order valence-corrected chi connectivity index (χ2v) is 25.7. The van der Waals surface area contributed by atoms with Gasteiger partial charge in [-0.2, -0.15) is 0 Å². The Morgan fingerprint density at radius 2 is 0.762 bits per heavy atom. The zero-order chi connectivity index (χ0) is 57.0. The normalized spacial score (nSPS) is 12.5. The largest absolute Gasteiger partial charge is 0.0911 e. The van der Waals surface area contributed by atoms with Gasteiger partial charge in [0.2, 0.25) is 0 Å². The molecular formula is C84H66. The van der Waals surface area contributed by atoms with Gasteiger partial charge in [-0.15, -0.1) is 0 Å².